The van der Waals surface area contributed by atoms with Crippen molar-refractivity contribution in [3.8, 4) is 5.75 Å². The molecule has 0 aliphatic heterocycles. The van der Waals surface area contributed by atoms with Crippen LogP contribution in [-0.2, 0) is 0 Å². The molecule has 1 aromatic heterocycles. The van der Waals surface area contributed by atoms with Gasteiger partial charge in [-0.2, -0.15) is 0 Å². The third-order valence-electron chi connectivity index (χ3n) is 3.66. The predicted octanol–water partition coefficient (Wildman–Crippen LogP) is 1.94. The number of nitrogens with zero attached hydrogens (tertiary/aromatic N) is 2. The number of aryl methyl sites for hydroxylation is 1. The Morgan fingerprint density at radius 3 is 2.46 bits per heavy atom. The summed E-state index contributed by atoms with van der Waals surface area (Å²) in [7, 11) is 5.39. The summed E-state index contributed by atoms with van der Waals surface area (Å²) in [4.78, 5) is 30.8. The fraction of sp³-hybridized carbons (Fsp3) is 0.316. The van der Waals surface area contributed by atoms with E-state index in [2.05, 4.69) is 15.6 Å². The maximum atomic E-state index is 12.5. The van der Waals surface area contributed by atoms with Crippen LogP contribution in [0.15, 0.2) is 36.4 Å². The van der Waals surface area contributed by atoms with Crippen LogP contribution < -0.4 is 15.4 Å². The molecule has 0 atom stereocenters. The molecule has 0 fully saturated rings. The quantitative estimate of drug-likeness (QED) is 0.792. The Labute approximate surface area is 153 Å². The van der Waals surface area contributed by atoms with E-state index in [0.717, 1.165) is 12.1 Å². The molecule has 0 saturated carbocycles. The fourth-order valence-corrected chi connectivity index (χ4v) is 2.28. The monoisotopic (exact) mass is 356 g/mol. The molecule has 0 aliphatic rings. The maximum Gasteiger partial charge on any atom is 0.274 e. The molecular formula is C19H24N4O3. The first-order chi connectivity index (χ1) is 12.4. The smallest absolute Gasteiger partial charge is 0.274 e. The number of likely N-dealkylation sites (N-methyl/N-ethyl adjacent to an activating group) is 1. The van der Waals surface area contributed by atoms with Gasteiger partial charge in [-0.15, -0.1) is 0 Å². The molecule has 0 saturated heterocycles. The van der Waals surface area contributed by atoms with Crippen molar-refractivity contribution in [2.24, 2.45) is 0 Å². The Morgan fingerprint density at radius 1 is 1.12 bits per heavy atom. The second-order valence-electron chi connectivity index (χ2n) is 6.13. The summed E-state index contributed by atoms with van der Waals surface area (Å²) in [6, 6.07) is 10.3. The van der Waals surface area contributed by atoms with Crippen LogP contribution in [-0.4, -0.2) is 56.0 Å². The van der Waals surface area contributed by atoms with E-state index in [-0.39, 0.29) is 17.3 Å². The van der Waals surface area contributed by atoms with Crippen molar-refractivity contribution in [1.29, 1.82) is 0 Å². The van der Waals surface area contributed by atoms with Crippen molar-refractivity contribution in [2.75, 3.05) is 39.6 Å². The van der Waals surface area contributed by atoms with Crippen molar-refractivity contribution < 1.29 is 14.3 Å². The van der Waals surface area contributed by atoms with Crippen molar-refractivity contribution in [3.05, 3.63) is 53.3 Å². The number of amides is 2. The maximum absolute atomic E-state index is 12.5. The summed E-state index contributed by atoms with van der Waals surface area (Å²) >= 11 is 0. The SMILES string of the molecule is COc1ccc(C)cc1NC(=O)c1cccc(C(=O)NCCN(C)C)n1. The van der Waals surface area contributed by atoms with E-state index < -0.39 is 5.91 Å². The van der Waals surface area contributed by atoms with Gasteiger partial charge >= 0.3 is 0 Å². The molecular weight excluding hydrogens is 332 g/mol. The van der Waals surface area contributed by atoms with E-state index in [1.165, 1.54) is 7.11 Å². The highest BCUT2D eigenvalue weighted by atomic mass is 16.5. The zero-order chi connectivity index (χ0) is 19.1. The minimum absolute atomic E-state index is 0.161. The number of methoxy groups -OCH3 is 1. The Morgan fingerprint density at radius 2 is 1.81 bits per heavy atom. The fourth-order valence-electron chi connectivity index (χ4n) is 2.28. The molecule has 2 aromatic rings. The Kier molecular flexibility index (Phi) is 6.68. The lowest BCUT2D eigenvalue weighted by Gasteiger charge is -2.12. The first kappa shape index (κ1) is 19.4. The second kappa shape index (κ2) is 8.96. The van der Waals surface area contributed by atoms with Gasteiger partial charge in [-0.25, -0.2) is 4.98 Å². The van der Waals surface area contributed by atoms with E-state index in [1.807, 2.05) is 38.1 Å². The number of rotatable bonds is 7. The van der Waals surface area contributed by atoms with Gasteiger partial charge in [0.25, 0.3) is 11.8 Å². The number of pyridine rings is 1. The molecule has 0 spiro atoms. The molecule has 2 N–H and O–H groups in total. The normalized spacial score (nSPS) is 10.5. The van der Waals surface area contributed by atoms with Gasteiger partial charge < -0.3 is 20.3 Å². The highest BCUT2D eigenvalue weighted by Gasteiger charge is 2.14. The van der Waals surface area contributed by atoms with Gasteiger partial charge in [0.15, 0.2) is 0 Å². The second-order valence-corrected chi connectivity index (χ2v) is 6.13. The lowest BCUT2D eigenvalue weighted by molar-refractivity contribution is 0.0946. The number of ether oxygens (including phenoxy) is 1. The van der Waals surface area contributed by atoms with Gasteiger partial charge in [-0.05, 0) is 50.8 Å². The van der Waals surface area contributed by atoms with Crippen LogP contribution >= 0.6 is 0 Å². The van der Waals surface area contributed by atoms with Gasteiger partial charge in [0, 0.05) is 13.1 Å². The van der Waals surface area contributed by atoms with Crippen LogP contribution in [0.3, 0.4) is 0 Å². The largest absolute Gasteiger partial charge is 0.495 e. The number of nitrogens with one attached hydrogen (secondary N) is 2. The average molecular weight is 356 g/mol. The summed E-state index contributed by atoms with van der Waals surface area (Å²) in [5, 5.41) is 5.56. The molecule has 1 aromatic carbocycles. The number of anilines is 1. The molecule has 2 rings (SSSR count). The molecule has 0 aliphatic carbocycles. The van der Waals surface area contributed by atoms with Crippen LogP contribution in [0.2, 0.25) is 0 Å². The molecule has 138 valence electrons. The van der Waals surface area contributed by atoms with Crippen molar-refractivity contribution >= 4 is 17.5 Å². The van der Waals surface area contributed by atoms with Crippen molar-refractivity contribution in [2.45, 2.75) is 6.92 Å². The topological polar surface area (TPSA) is 83.6 Å². The van der Waals surface area contributed by atoms with Crippen LogP contribution in [0, 0.1) is 6.92 Å². The van der Waals surface area contributed by atoms with E-state index in [9.17, 15) is 9.59 Å². The molecule has 0 bridgehead atoms. The average Bonchev–Trinajstić information content (AvgIpc) is 2.61. The third kappa shape index (κ3) is 5.29. The van der Waals surface area contributed by atoms with E-state index in [4.69, 9.17) is 4.74 Å². The van der Waals surface area contributed by atoms with Gasteiger partial charge in [0.1, 0.15) is 17.1 Å². The number of benzene rings is 1. The first-order valence-electron chi connectivity index (χ1n) is 8.26. The van der Waals surface area contributed by atoms with Gasteiger partial charge in [-0.3, -0.25) is 9.59 Å². The van der Waals surface area contributed by atoms with Gasteiger partial charge in [0.2, 0.25) is 0 Å². The van der Waals surface area contributed by atoms with Crippen molar-refractivity contribution in [3.63, 3.8) is 0 Å². The zero-order valence-corrected chi connectivity index (χ0v) is 15.5. The summed E-state index contributed by atoms with van der Waals surface area (Å²) in [5.74, 6) is -0.159. The van der Waals surface area contributed by atoms with Crippen molar-refractivity contribution in [1.82, 2.24) is 15.2 Å². The molecule has 0 radical (unpaired) electrons. The molecule has 7 heteroatoms. The minimum atomic E-state index is -0.406. The number of hydrogen-bond donors (Lipinski definition) is 2. The number of carbonyl (C=O) groups excluding carboxylic acids is 2. The Bertz CT molecular complexity index is 790. The molecule has 0 unspecified atom stereocenters. The predicted molar refractivity (Wildman–Crippen MR) is 101 cm³/mol. The molecule has 2 amide bonds. The Balaban J connectivity index is 2.10. The lowest BCUT2D eigenvalue weighted by Crippen LogP contribution is -2.32. The third-order valence-corrected chi connectivity index (χ3v) is 3.66. The lowest BCUT2D eigenvalue weighted by atomic mass is 10.2. The van der Waals surface area contributed by atoms with E-state index in [1.54, 1.807) is 24.3 Å². The van der Waals surface area contributed by atoms with Crippen LogP contribution in [0.25, 0.3) is 0 Å². The van der Waals surface area contributed by atoms with Crippen LogP contribution in [0.1, 0.15) is 26.5 Å². The number of carbonyl (C=O) groups is 2. The highest BCUT2D eigenvalue weighted by molar-refractivity contribution is 6.04. The standard InChI is InChI=1S/C19H24N4O3/c1-13-8-9-17(26-4)16(12-13)22-19(25)15-7-5-6-14(21-15)18(24)20-10-11-23(2)3/h5-9,12H,10-11H2,1-4H3,(H,20,24)(H,22,25). The minimum Gasteiger partial charge on any atom is -0.495 e. The Hall–Kier alpha value is -2.93. The number of hydrogen-bond acceptors (Lipinski definition) is 5. The zero-order valence-electron chi connectivity index (χ0n) is 15.5. The van der Waals surface area contributed by atoms with E-state index >= 15 is 0 Å². The first-order valence-corrected chi connectivity index (χ1v) is 8.26. The summed E-state index contributed by atoms with van der Waals surface area (Å²) in [6.07, 6.45) is 0. The molecule has 7 nitrogen and oxygen atoms in total. The summed E-state index contributed by atoms with van der Waals surface area (Å²) in [6.45, 7) is 3.15. The summed E-state index contributed by atoms with van der Waals surface area (Å²) in [5.41, 5.74) is 1.91. The number of aromatic nitrogens is 1. The van der Waals surface area contributed by atoms with E-state index in [0.29, 0.717) is 18.0 Å². The highest BCUT2D eigenvalue weighted by Crippen LogP contribution is 2.25. The van der Waals surface area contributed by atoms with Crippen LogP contribution in [0.5, 0.6) is 5.75 Å². The molecule has 26 heavy (non-hydrogen) atoms. The van der Waals surface area contributed by atoms with Gasteiger partial charge in [0.05, 0.1) is 12.8 Å². The summed E-state index contributed by atoms with van der Waals surface area (Å²) < 4.78 is 5.26. The van der Waals surface area contributed by atoms with Gasteiger partial charge in [-0.1, -0.05) is 12.1 Å². The molecule has 1 heterocycles. The van der Waals surface area contributed by atoms with Crippen LogP contribution in [0.4, 0.5) is 5.69 Å².